The van der Waals surface area contributed by atoms with E-state index in [-0.39, 0.29) is 0 Å². The molecule has 1 fully saturated rings. The van der Waals surface area contributed by atoms with Crippen molar-refractivity contribution in [2.24, 2.45) is 5.92 Å². The van der Waals surface area contributed by atoms with Crippen LogP contribution in [0.3, 0.4) is 0 Å². The van der Waals surface area contributed by atoms with E-state index in [0.29, 0.717) is 17.2 Å². The maximum atomic E-state index is 6.10. The minimum Gasteiger partial charge on any atom is -0.353 e. The molecule has 0 bridgehead atoms. The van der Waals surface area contributed by atoms with Crippen LogP contribution in [0.1, 0.15) is 32.1 Å². The number of hydrogen-bond donors (Lipinski definition) is 0. The first-order valence-electron chi connectivity index (χ1n) is 6.81. The Morgan fingerprint density at radius 2 is 2.21 bits per heavy atom. The van der Waals surface area contributed by atoms with Gasteiger partial charge in [-0.2, -0.15) is 4.98 Å². The zero-order valence-electron chi connectivity index (χ0n) is 11.5. The van der Waals surface area contributed by atoms with Gasteiger partial charge in [-0.05, 0) is 43.4 Å². The van der Waals surface area contributed by atoms with Crippen molar-refractivity contribution in [3.05, 3.63) is 16.2 Å². The summed E-state index contributed by atoms with van der Waals surface area (Å²) >= 11 is 7.82. The van der Waals surface area contributed by atoms with Gasteiger partial charge in [0.1, 0.15) is 10.6 Å². The summed E-state index contributed by atoms with van der Waals surface area (Å²) in [6.07, 6.45) is 2.25. The van der Waals surface area contributed by atoms with Gasteiger partial charge in [0, 0.05) is 17.5 Å². The first kappa shape index (κ1) is 13.1. The first-order chi connectivity index (χ1) is 9.08. The number of rotatable bonds is 2. The molecule has 3 rings (SSSR count). The van der Waals surface area contributed by atoms with E-state index in [4.69, 9.17) is 11.6 Å². The molecule has 0 N–H and O–H groups in total. The lowest BCUT2D eigenvalue weighted by Gasteiger charge is -2.23. The fraction of sp³-hybridized carbons (Fsp3) is 0.571. The van der Waals surface area contributed by atoms with Gasteiger partial charge < -0.3 is 4.90 Å². The largest absolute Gasteiger partial charge is 0.353 e. The van der Waals surface area contributed by atoms with E-state index in [1.165, 1.54) is 11.3 Å². The third-order valence-corrected chi connectivity index (χ3v) is 5.14. The fourth-order valence-corrected chi connectivity index (χ4v) is 4.10. The number of fused-ring (bicyclic) bond motifs is 1. The van der Waals surface area contributed by atoms with Crippen molar-refractivity contribution in [3.8, 4) is 0 Å². The molecule has 0 aliphatic carbocycles. The third kappa shape index (κ3) is 2.32. The van der Waals surface area contributed by atoms with Gasteiger partial charge in [0.05, 0.1) is 5.39 Å². The molecule has 0 saturated carbocycles. The van der Waals surface area contributed by atoms with Crippen LogP contribution in [0.5, 0.6) is 0 Å². The second-order valence-electron chi connectivity index (χ2n) is 5.44. The summed E-state index contributed by atoms with van der Waals surface area (Å²) < 4.78 is 0. The molecule has 3 nitrogen and oxygen atoms in total. The molecule has 0 amide bonds. The lowest BCUT2D eigenvalue weighted by atomic mass is 10.1. The molecule has 2 aromatic heterocycles. The van der Waals surface area contributed by atoms with E-state index < -0.39 is 0 Å². The smallest absolute Gasteiger partial charge is 0.225 e. The van der Waals surface area contributed by atoms with Gasteiger partial charge in [0.25, 0.3) is 0 Å². The van der Waals surface area contributed by atoms with Crippen LogP contribution < -0.4 is 4.90 Å². The van der Waals surface area contributed by atoms with E-state index in [1.807, 2.05) is 0 Å². The summed E-state index contributed by atoms with van der Waals surface area (Å²) in [5.41, 5.74) is 0. The van der Waals surface area contributed by atoms with Crippen molar-refractivity contribution in [2.75, 3.05) is 11.4 Å². The Morgan fingerprint density at radius 3 is 2.84 bits per heavy atom. The summed E-state index contributed by atoms with van der Waals surface area (Å²) in [6.45, 7) is 7.78. The van der Waals surface area contributed by atoms with E-state index in [1.54, 1.807) is 11.3 Å². The van der Waals surface area contributed by atoms with E-state index in [9.17, 15) is 0 Å². The molecule has 3 heterocycles. The Hall–Kier alpha value is -0.870. The van der Waals surface area contributed by atoms with Crippen molar-refractivity contribution in [3.63, 3.8) is 0 Å². The zero-order chi connectivity index (χ0) is 13.6. The summed E-state index contributed by atoms with van der Waals surface area (Å²) in [5, 5.41) is 1.52. The van der Waals surface area contributed by atoms with Crippen LogP contribution in [0.4, 0.5) is 5.82 Å². The van der Waals surface area contributed by atoms with Crippen LogP contribution in [0.15, 0.2) is 6.07 Å². The average Bonchev–Trinajstić information content (AvgIpc) is 2.91. The fourth-order valence-electron chi connectivity index (χ4n) is 2.92. The van der Waals surface area contributed by atoms with Crippen LogP contribution in [-0.4, -0.2) is 22.6 Å². The molecule has 0 spiro atoms. The topological polar surface area (TPSA) is 29.0 Å². The molecule has 1 aliphatic heterocycles. The quantitative estimate of drug-likeness (QED) is 0.780. The van der Waals surface area contributed by atoms with Crippen molar-refractivity contribution < 1.29 is 0 Å². The van der Waals surface area contributed by atoms with Crippen molar-refractivity contribution in [2.45, 2.75) is 39.7 Å². The van der Waals surface area contributed by atoms with Crippen LogP contribution in [0, 0.1) is 5.92 Å². The normalized spacial score (nSPS) is 23.5. The average molecular weight is 296 g/mol. The first-order valence-corrected chi connectivity index (χ1v) is 8.00. The minimum absolute atomic E-state index is 0.360. The van der Waals surface area contributed by atoms with Gasteiger partial charge in [-0.3, -0.25) is 0 Å². The number of hydrogen-bond acceptors (Lipinski definition) is 4. The van der Waals surface area contributed by atoms with E-state index in [2.05, 4.69) is 41.7 Å². The van der Waals surface area contributed by atoms with Crippen LogP contribution in [-0.2, 0) is 6.42 Å². The van der Waals surface area contributed by atoms with E-state index in [0.717, 1.165) is 29.0 Å². The van der Waals surface area contributed by atoms with Gasteiger partial charge in [0.15, 0.2) is 0 Å². The predicted octanol–water partition coefficient (Wildman–Crippen LogP) is 4.14. The van der Waals surface area contributed by atoms with Gasteiger partial charge in [-0.1, -0.05) is 13.8 Å². The SMILES string of the molecule is CCc1cc2c(N3CC(C)CC3C)nc(Cl)nc2s1. The monoisotopic (exact) mass is 295 g/mol. The van der Waals surface area contributed by atoms with Crippen LogP contribution >= 0.6 is 22.9 Å². The van der Waals surface area contributed by atoms with Gasteiger partial charge in [0.2, 0.25) is 5.28 Å². The van der Waals surface area contributed by atoms with Crippen molar-refractivity contribution >= 4 is 39.0 Å². The second kappa shape index (κ2) is 4.91. The predicted molar refractivity (Wildman–Crippen MR) is 82.4 cm³/mol. The Bertz CT molecular complexity index is 610. The molecule has 2 unspecified atom stereocenters. The number of nitrogens with zero attached hydrogens (tertiary/aromatic N) is 3. The highest BCUT2D eigenvalue weighted by molar-refractivity contribution is 7.18. The molecular weight excluding hydrogens is 278 g/mol. The van der Waals surface area contributed by atoms with Gasteiger partial charge in [-0.15, -0.1) is 11.3 Å². The highest BCUT2D eigenvalue weighted by Gasteiger charge is 2.29. The molecule has 2 aromatic rings. The lowest BCUT2D eigenvalue weighted by molar-refractivity contribution is 0.625. The number of aryl methyl sites for hydroxylation is 1. The molecule has 1 aliphatic rings. The standard InChI is InChI=1S/C14H18ClN3S/c1-4-10-6-11-12(16-14(15)17-13(11)19-10)18-7-8(2)5-9(18)3/h6,8-9H,4-5,7H2,1-3H3. The Balaban J connectivity index is 2.14. The minimum atomic E-state index is 0.360. The number of halogens is 1. The van der Waals surface area contributed by atoms with Gasteiger partial charge >= 0.3 is 0 Å². The van der Waals surface area contributed by atoms with Crippen molar-refractivity contribution in [1.82, 2.24) is 9.97 Å². The molecular formula is C14H18ClN3S. The van der Waals surface area contributed by atoms with Gasteiger partial charge in [-0.25, -0.2) is 4.98 Å². The third-order valence-electron chi connectivity index (χ3n) is 3.80. The second-order valence-corrected chi connectivity index (χ2v) is 6.90. The molecule has 102 valence electrons. The maximum Gasteiger partial charge on any atom is 0.225 e. The van der Waals surface area contributed by atoms with Crippen LogP contribution in [0.2, 0.25) is 5.28 Å². The lowest BCUT2D eigenvalue weighted by Crippen LogP contribution is -2.27. The Morgan fingerprint density at radius 1 is 1.42 bits per heavy atom. The molecule has 5 heteroatoms. The molecule has 19 heavy (non-hydrogen) atoms. The molecule has 2 atom stereocenters. The number of thiophene rings is 1. The zero-order valence-corrected chi connectivity index (χ0v) is 13.1. The highest BCUT2D eigenvalue weighted by Crippen LogP contribution is 2.36. The molecule has 1 saturated heterocycles. The maximum absolute atomic E-state index is 6.10. The molecule has 0 radical (unpaired) electrons. The molecule has 0 aromatic carbocycles. The highest BCUT2D eigenvalue weighted by atomic mass is 35.5. The summed E-state index contributed by atoms with van der Waals surface area (Å²) in [5.74, 6) is 1.73. The Kier molecular flexibility index (Phi) is 3.39. The van der Waals surface area contributed by atoms with Crippen LogP contribution in [0.25, 0.3) is 10.2 Å². The summed E-state index contributed by atoms with van der Waals surface area (Å²) in [7, 11) is 0. The summed E-state index contributed by atoms with van der Waals surface area (Å²) in [6, 6.07) is 2.75. The Labute approximate surface area is 122 Å². The van der Waals surface area contributed by atoms with E-state index >= 15 is 0 Å². The number of aromatic nitrogens is 2. The van der Waals surface area contributed by atoms with Crippen molar-refractivity contribution in [1.29, 1.82) is 0 Å². The summed E-state index contributed by atoms with van der Waals surface area (Å²) in [4.78, 5) is 13.6. The number of anilines is 1.